The maximum Gasteiger partial charge on any atom is 0.132 e. The Bertz CT molecular complexity index is 641. The number of piperidine rings is 3. The van der Waals surface area contributed by atoms with Crippen LogP contribution in [0.1, 0.15) is 69.3 Å². The second-order valence-electron chi connectivity index (χ2n) is 9.85. The van der Waals surface area contributed by atoms with Crippen molar-refractivity contribution in [2.24, 2.45) is 5.41 Å². The molecule has 2 N–H and O–H groups in total. The molecular weight excluding hydrogens is 334 g/mol. The van der Waals surface area contributed by atoms with Gasteiger partial charge in [-0.3, -0.25) is 0 Å². The van der Waals surface area contributed by atoms with Crippen LogP contribution in [0.3, 0.4) is 0 Å². The van der Waals surface area contributed by atoms with Crippen molar-refractivity contribution in [2.45, 2.75) is 95.8 Å². The first-order chi connectivity index (χ1) is 13.1. The highest BCUT2D eigenvalue weighted by Gasteiger charge is 2.50. The topological polar surface area (TPSA) is 53.1 Å². The van der Waals surface area contributed by atoms with E-state index in [2.05, 4.69) is 38.5 Å². The molecule has 3 saturated heterocycles. The van der Waals surface area contributed by atoms with Crippen molar-refractivity contribution in [2.75, 3.05) is 18.0 Å². The molecule has 3 aliphatic heterocycles. The quantitative estimate of drug-likeness (QED) is 0.857. The van der Waals surface area contributed by atoms with E-state index in [0.29, 0.717) is 11.5 Å². The van der Waals surface area contributed by atoms with Gasteiger partial charge in [0.2, 0.25) is 0 Å². The lowest BCUT2D eigenvalue weighted by Crippen LogP contribution is -2.61. The van der Waals surface area contributed by atoms with Crippen LogP contribution in [0.2, 0.25) is 0 Å². The van der Waals surface area contributed by atoms with E-state index >= 15 is 0 Å². The zero-order valence-electron chi connectivity index (χ0n) is 17.0. The summed E-state index contributed by atoms with van der Waals surface area (Å²) in [5.74, 6) is 2.00. The number of fused-ring (bicyclic) bond motifs is 2. The van der Waals surface area contributed by atoms with Crippen LogP contribution in [0, 0.1) is 19.3 Å². The fourth-order valence-corrected chi connectivity index (χ4v) is 6.47. The zero-order chi connectivity index (χ0) is 18.4. The van der Waals surface area contributed by atoms with Crippen molar-refractivity contribution in [1.82, 2.24) is 20.6 Å². The molecule has 2 atom stereocenters. The second kappa shape index (κ2) is 7.00. The van der Waals surface area contributed by atoms with Gasteiger partial charge in [-0.05, 0) is 70.6 Å². The van der Waals surface area contributed by atoms with Crippen molar-refractivity contribution in [3.8, 4) is 0 Å². The summed E-state index contributed by atoms with van der Waals surface area (Å²) in [7, 11) is 0. The molecule has 4 aliphatic rings. The smallest absolute Gasteiger partial charge is 0.132 e. The monoisotopic (exact) mass is 369 g/mol. The predicted octanol–water partition coefficient (Wildman–Crippen LogP) is 3.11. The summed E-state index contributed by atoms with van der Waals surface area (Å²) in [4.78, 5) is 11.5. The number of anilines is 1. The number of nitrogens with one attached hydrogen (secondary N) is 2. The molecular formula is C22H35N5. The molecule has 1 aromatic rings. The maximum atomic E-state index is 4.64. The number of aryl methyl sites for hydroxylation is 2. The Kier molecular flexibility index (Phi) is 4.63. The Morgan fingerprint density at radius 1 is 0.963 bits per heavy atom. The minimum absolute atomic E-state index is 0.676. The molecule has 2 unspecified atom stereocenters. The third-order valence-electron chi connectivity index (χ3n) is 7.54. The molecule has 27 heavy (non-hydrogen) atoms. The fraction of sp³-hybridized carbons (Fsp3) is 0.818. The van der Waals surface area contributed by atoms with E-state index in [1.54, 1.807) is 0 Å². The minimum Gasteiger partial charge on any atom is -0.356 e. The molecule has 4 heterocycles. The van der Waals surface area contributed by atoms with E-state index in [9.17, 15) is 0 Å². The van der Waals surface area contributed by atoms with Gasteiger partial charge in [-0.15, -0.1) is 0 Å². The van der Waals surface area contributed by atoms with Crippen molar-refractivity contribution in [1.29, 1.82) is 0 Å². The van der Waals surface area contributed by atoms with Gasteiger partial charge in [0, 0.05) is 49.0 Å². The molecule has 0 amide bonds. The second-order valence-corrected chi connectivity index (χ2v) is 9.85. The van der Waals surface area contributed by atoms with Crippen molar-refractivity contribution < 1.29 is 0 Å². The lowest BCUT2D eigenvalue weighted by Gasteiger charge is -2.57. The number of rotatable bonds is 3. The molecule has 5 nitrogen and oxygen atoms in total. The molecule has 5 rings (SSSR count). The number of nitrogens with zero attached hydrogens (tertiary/aromatic N) is 3. The number of hydrogen-bond donors (Lipinski definition) is 2. The number of hydrogen-bond acceptors (Lipinski definition) is 5. The summed E-state index contributed by atoms with van der Waals surface area (Å²) in [5, 5.41) is 7.87. The highest BCUT2D eigenvalue weighted by Crippen LogP contribution is 2.52. The van der Waals surface area contributed by atoms with E-state index in [-0.39, 0.29) is 0 Å². The molecule has 1 saturated carbocycles. The molecule has 5 heteroatoms. The summed E-state index contributed by atoms with van der Waals surface area (Å²) in [6.45, 7) is 6.28. The molecule has 0 radical (unpaired) electrons. The first kappa shape index (κ1) is 17.9. The normalized spacial score (nSPS) is 36.7. The zero-order valence-corrected chi connectivity index (χ0v) is 17.0. The van der Waals surface area contributed by atoms with E-state index in [0.717, 1.165) is 48.6 Å². The Hall–Kier alpha value is -1.20. The van der Waals surface area contributed by atoms with Gasteiger partial charge >= 0.3 is 0 Å². The van der Waals surface area contributed by atoms with E-state index in [4.69, 9.17) is 0 Å². The van der Waals surface area contributed by atoms with Crippen molar-refractivity contribution in [3.05, 3.63) is 17.6 Å². The van der Waals surface area contributed by atoms with Gasteiger partial charge in [-0.2, -0.15) is 0 Å². The summed E-state index contributed by atoms with van der Waals surface area (Å²) >= 11 is 0. The predicted molar refractivity (Wildman–Crippen MR) is 109 cm³/mol. The maximum absolute atomic E-state index is 4.64. The Labute approximate surface area is 163 Å². The van der Waals surface area contributed by atoms with Crippen LogP contribution in [-0.4, -0.2) is 47.2 Å². The molecule has 2 bridgehead atoms. The van der Waals surface area contributed by atoms with Gasteiger partial charge in [-0.1, -0.05) is 6.42 Å². The van der Waals surface area contributed by atoms with Crippen LogP contribution >= 0.6 is 0 Å². The fourth-order valence-electron chi connectivity index (χ4n) is 6.47. The molecule has 4 fully saturated rings. The molecule has 148 valence electrons. The van der Waals surface area contributed by atoms with Gasteiger partial charge < -0.3 is 15.5 Å². The summed E-state index contributed by atoms with van der Waals surface area (Å²) in [5.41, 5.74) is 1.75. The van der Waals surface area contributed by atoms with E-state index in [1.807, 2.05) is 6.92 Å². The van der Waals surface area contributed by atoms with Crippen LogP contribution in [0.5, 0.6) is 0 Å². The summed E-state index contributed by atoms with van der Waals surface area (Å²) in [6, 6.07) is 5.23. The average Bonchev–Trinajstić information content (AvgIpc) is 2.60. The third kappa shape index (κ3) is 3.73. The highest BCUT2D eigenvalue weighted by molar-refractivity contribution is 5.40. The SMILES string of the molecule is Cc1cc(N2CCC(NC3CC4(CC5CCCC(C4)N5)C3)CC2)nc(C)n1. The molecule has 1 aliphatic carbocycles. The van der Waals surface area contributed by atoms with Gasteiger partial charge in [0.1, 0.15) is 11.6 Å². The first-order valence-electron chi connectivity index (χ1n) is 11.2. The van der Waals surface area contributed by atoms with Crippen LogP contribution in [0.4, 0.5) is 5.82 Å². The van der Waals surface area contributed by atoms with Crippen LogP contribution < -0.4 is 15.5 Å². The molecule has 1 spiro atoms. The Morgan fingerprint density at radius 2 is 1.67 bits per heavy atom. The standard InChI is InChI=1S/C22H35N5/c1-15-10-21(24-16(2)23-15)27-8-6-17(7-9-27)25-20-13-22(14-20)11-18-4-3-5-19(12-22)26-18/h10,17-20,25-26H,3-9,11-14H2,1-2H3. The van der Waals surface area contributed by atoms with Crippen molar-refractivity contribution in [3.63, 3.8) is 0 Å². The largest absolute Gasteiger partial charge is 0.356 e. The van der Waals surface area contributed by atoms with Gasteiger partial charge in [-0.25, -0.2) is 9.97 Å². The lowest BCUT2D eigenvalue weighted by atomic mass is 9.56. The van der Waals surface area contributed by atoms with Crippen molar-refractivity contribution >= 4 is 5.82 Å². The van der Waals surface area contributed by atoms with Crippen LogP contribution in [0.25, 0.3) is 0 Å². The number of aromatic nitrogens is 2. The van der Waals surface area contributed by atoms with E-state index < -0.39 is 0 Å². The van der Waals surface area contributed by atoms with Gasteiger partial charge in [0.25, 0.3) is 0 Å². The first-order valence-corrected chi connectivity index (χ1v) is 11.2. The van der Waals surface area contributed by atoms with E-state index in [1.165, 1.54) is 57.8 Å². The molecule has 0 aromatic carbocycles. The Balaban J connectivity index is 1.10. The van der Waals surface area contributed by atoms with Crippen LogP contribution in [-0.2, 0) is 0 Å². The molecule has 1 aromatic heterocycles. The summed E-state index contributed by atoms with van der Waals surface area (Å²) < 4.78 is 0. The lowest BCUT2D eigenvalue weighted by molar-refractivity contribution is -0.00879. The third-order valence-corrected chi connectivity index (χ3v) is 7.54. The minimum atomic E-state index is 0.676. The Morgan fingerprint density at radius 3 is 2.33 bits per heavy atom. The van der Waals surface area contributed by atoms with Crippen LogP contribution in [0.15, 0.2) is 6.07 Å². The highest BCUT2D eigenvalue weighted by atomic mass is 15.2. The average molecular weight is 370 g/mol. The summed E-state index contributed by atoms with van der Waals surface area (Å²) in [6.07, 6.45) is 12.5. The van der Waals surface area contributed by atoms with Gasteiger partial charge in [0.05, 0.1) is 0 Å². The van der Waals surface area contributed by atoms with Gasteiger partial charge in [0.15, 0.2) is 0 Å².